The first-order valence-electron chi connectivity index (χ1n) is 9.62. The number of nitrogens with one attached hydrogen (secondary N) is 2. The summed E-state index contributed by atoms with van der Waals surface area (Å²) in [4.78, 5) is 36.1. The van der Waals surface area contributed by atoms with Crippen LogP contribution in [0.1, 0.15) is 33.6 Å². The Balaban J connectivity index is 1.49. The van der Waals surface area contributed by atoms with E-state index in [1.807, 2.05) is 6.92 Å². The van der Waals surface area contributed by atoms with Crippen LogP contribution in [0.2, 0.25) is 0 Å². The minimum Gasteiger partial charge on any atom is -0.494 e. The monoisotopic (exact) mass is 422 g/mol. The summed E-state index contributed by atoms with van der Waals surface area (Å²) in [5.74, 6) is -0.181. The lowest BCUT2D eigenvalue weighted by molar-refractivity contribution is -0.119. The van der Waals surface area contributed by atoms with E-state index in [9.17, 15) is 14.4 Å². The zero-order valence-corrected chi connectivity index (χ0v) is 17.1. The molecule has 0 radical (unpaired) electrons. The zero-order valence-electron chi connectivity index (χ0n) is 17.1. The van der Waals surface area contributed by atoms with E-state index in [1.165, 1.54) is 6.07 Å². The van der Waals surface area contributed by atoms with Crippen LogP contribution in [0.25, 0.3) is 0 Å². The third-order valence-corrected chi connectivity index (χ3v) is 4.13. The lowest BCUT2D eigenvalue weighted by atomic mass is 10.2. The Morgan fingerprint density at radius 3 is 2.13 bits per heavy atom. The summed E-state index contributed by atoms with van der Waals surface area (Å²) < 4.78 is 15.4. The molecule has 0 saturated heterocycles. The van der Waals surface area contributed by atoms with Crippen molar-refractivity contribution in [3.05, 3.63) is 77.7 Å². The number of hydrogen-bond acceptors (Lipinski definition) is 6. The third-order valence-electron chi connectivity index (χ3n) is 4.13. The molecule has 3 rings (SSSR count). The van der Waals surface area contributed by atoms with E-state index < -0.39 is 18.5 Å². The number of benzene rings is 2. The van der Waals surface area contributed by atoms with Gasteiger partial charge in [0.25, 0.3) is 11.8 Å². The van der Waals surface area contributed by atoms with Crippen LogP contribution in [0.5, 0.6) is 5.75 Å². The smallest absolute Gasteiger partial charge is 0.374 e. The number of hydrogen-bond donors (Lipinski definition) is 2. The number of rotatable bonds is 8. The summed E-state index contributed by atoms with van der Waals surface area (Å²) in [5.41, 5.74) is 1.53. The topological polar surface area (TPSA) is 107 Å². The van der Waals surface area contributed by atoms with Crippen molar-refractivity contribution in [1.29, 1.82) is 0 Å². The Kier molecular flexibility index (Phi) is 7.05. The van der Waals surface area contributed by atoms with Gasteiger partial charge in [-0.1, -0.05) is 0 Å². The number of aryl methyl sites for hydroxylation is 1. The largest absolute Gasteiger partial charge is 0.494 e. The van der Waals surface area contributed by atoms with E-state index in [1.54, 1.807) is 61.5 Å². The molecule has 2 aromatic carbocycles. The van der Waals surface area contributed by atoms with Gasteiger partial charge < -0.3 is 24.5 Å². The fraction of sp³-hybridized carbons (Fsp3) is 0.174. The van der Waals surface area contributed by atoms with Crippen LogP contribution in [0.3, 0.4) is 0 Å². The minimum absolute atomic E-state index is 0.0354. The molecule has 0 bridgehead atoms. The fourth-order valence-electron chi connectivity index (χ4n) is 2.65. The second-order valence-corrected chi connectivity index (χ2v) is 6.52. The molecule has 0 atom stereocenters. The van der Waals surface area contributed by atoms with Gasteiger partial charge in [0.15, 0.2) is 6.61 Å². The zero-order chi connectivity index (χ0) is 22.2. The summed E-state index contributed by atoms with van der Waals surface area (Å²) in [6, 6.07) is 16.5. The fourth-order valence-corrected chi connectivity index (χ4v) is 2.65. The quantitative estimate of drug-likeness (QED) is 0.531. The van der Waals surface area contributed by atoms with Gasteiger partial charge >= 0.3 is 5.97 Å². The number of carbonyl (C=O) groups is 3. The van der Waals surface area contributed by atoms with Crippen molar-refractivity contribution < 1.29 is 28.3 Å². The molecule has 0 aliphatic rings. The molecule has 1 heterocycles. The number of amides is 2. The van der Waals surface area contributed by atoms with Gasteiger partial charge in [0.2, 0.25) is 5.76 Å². The summed E-state index contributed by atoms with van der Waals surface area (Å²) in [6.07, 6.45) is 0. The Labute approximate surface area is 179 Å². The lowest BCUT2D eigenvalue weighted by Crippen LogP contribution is -2.20. The van der Waals surface area contributed by atoms with Crippen molar-refractivity contribution in [2.24, 2.45) is 0 Å². The normalized spacial score (nSPS) is 10.3. The van der Waals surface area contributed by atoms with Gasteiger partial charge in [-0.25, -0.2) is 4.79 Å². The first-order valence-corrected chi connectivity index (χ1v) is 9.62. The molecule has 2 amide bonds. The van der Waals surface area contributed by atoms with Gasteiger partial charge in [0.1, 0.15) is 11.5 Å². The highest BCUT2D eigenvalue weighted by atomic mass is 16.5. The maximum Gasteiger partial charge on any atom is 0.374 e. The Bertz CT molecular complexity index is 1050. The van der Waals surface area contributed by atoms with E-state index >= 15 is 0 Å². The molecule has 31 heavy (non-hydrogen) atoms. The molecular weight excluding hydrogens is 400 g/mol. The van der Waals surface area contributed by atoms with Crippen LogP contribution in [-0.2, 0) is 9.53 Å². The highest BCUT2D eigenvalue weighted by Gasteiger charge is 2.14. The van der Waals surface area contributed by atoms with E-state index in [0.717, 1.165) is 5.75 Å². The molecule has 0 unspecified atom stereocenters. The van der Waals surface area contributed by atoms with Crippen LogP contribution < -0.4 is 15.4 Å². The summed E-state index contributed by atoms with van der Waals surface area (Å²) >= 11 is 0. The first-order chi connectivity index (χ1) is 14.9. The second-order valence-electron chi connectivity index (χ2n) is 6.52. The third kappa shape index (κ3) is 6.20. The van der Waals surface area contributed by atoms with Crippen molar-refractivity contribution in [3.8, 4) is 5.75 Å². The first kappa shape index (κ1) is 21.6. The predicted molar refractivity (Wildman–Crippen MR) is 114 cm³/mol. The number of anilines is 2. The van der Waals surface area contributed by atoms with Gasteiger partial charge in [-0.3, -0.25) is 9.59 Å². The molecule has 0 aliphatic heterocycles. The summed E-state index contributed by atoms with van der Waals surface area (Å²) in [5, 5.41) is 5.39. The Morgan fingerprint density at radius 2 is 1.52 bits per heavy atom. The van der Waals surface area contributed by atoms with Crippen molar-refractivity contribution in [1.82, 2.24) is 0 Å². The van der Waals surface area contributed by atoms with Crippen LogP contribution in [0.4, 0.5) is 11.4 Å². The lowest BCUT2D eigenvalue weighted by Gasteiger charge is -2.09. The summed E-state index contributed by atoms with van der Waals surface area (Å²) in [6.45, 7) is 3.71. The standard InChI is InChI=1S/C23H22N2O6/c1-3-29-19-11-9-18(10-12-19)25-22(27)16-5-7-17(8-6-16)24-21(26)14-30-23(28)20-13-4-15(2)31-20/h4-13H,3,14H2,1-2H3,(H,24,26)(H,25,27). The second kappa shape index (κ2) is 10.1. The highest BCUT2D eigenvalue weighted by molar-refractivity contribution is 6.04. The molecule has 2 N–H and O–H groups in total. The van der Waals surface area contributed by atoms with Crippen molar-refractivity contribution in [3.63, 3.8) is 0 Å². The minimum atomic E-state index is -0.718. The van der Waals surface area contributed by atoms with Gasteiger partial charge in [-0.05, 0) is 74.5 Å². The molecule has 1 aromatic heterocycles. The van der Waals surface area contributed by atoms with Crippen molar-refractivity contribution >= 4 is 29.2 Å². The van der Waals surface area contributed by atoms with E-state index in [-0.39, 0.29) is 11.7 Å². The number of ether oxygens (including phenoxy) is 2. The highest BCUT2D eigenvalue weighted by Crippen LogP contribution is 2.17. The number of carbonyl (C=O) groups excluding carboxylic acids is 3. The maximum absolute atomic E-state index is 12.4. The molecule has 0 saturated carbocycles. The number of esters is 1. The average Bonchev–Trinajstić information content (AvgIpc) is 3.20. The van der Waals surface area contributed by atoms with Crippen LogP contribution in [0.15, 0.2) is 65.1 Å². The molecule has 8 nitrogen and oxygen atoms in total. The SMILES string of the molecule is CCOc1ccc(NC(=O)c2ccc(NC(=O)COC(=O)c3ccc(C)o3)cc2)cc1. The Hall–Kier alpha value is -4.07. The van der Waals surface area contributed by atoms with Crippen LogP contribution in [-0.4, -0.2) is 31.0 Å². The number of furan rings is 1. The predicted octanol–water partition coefficient (Wildman–Crippen LogP) is 4.03. The van der Waals surface area contributed by atoms with Crippen molar-refractivity contribution in [2.75, 3.05) is 23.8 Å². The van der Waals surface area contributed by atoms with Gasteiger partial charge in [-0.15, -0.1) is 0 Å². The Morgan fingerprint density at radius 1 is 0.871 bits per heavy atom. The molecule has 8 heteroatoms. The molecule has 0 aliphatic carbocycles. The molecule has 3 aromatic rings. The average molecular weight is 422 g/mol. The van der Waals surface area contributed by atoms with Gasteiger partial charge in [-0.2, -0.15) is 0 Å². The van der Waals surface area contributed by atoms with E-state index in [2.05, 4.69) is 10.6 Å². The van der Waals surface area contributed by atoms with Crippen LogP contribution >= 0.6 is 0 Å². The van der Waals surface area contributed by atoms with Crippen molar-refractivity contribution in [2.45, 2.75) is 13.8 Å². The van der Waals surface area contributed by atoms with E-state index in [0.29, 0.717) is 29.3 Å². The van der Waals surface area contributed by atoms with E-state index in [4.69, 9.17) is 13.9 Å². The molecular formula is C23H22N2O6. The molecule has 0 fully saturated rings. The van der Waals surface area contributed by atoms with Crippen LogP contribution in [0, 0.1) is 6.92 Å². The van der Waals surface area contributed by atoms with Gasteiger partial charge in [0.05, 0.1) is 6.61 Å². The van der Waals surface area contributed by atoms with Gasteiger partial charge in [0, 0.05) is 16.9 Å². The summed E-state index contributed by atoms with van der Waals surface area (Å²) in [7, 11) is 0. The molecule has 160 valence electrons. The maximum atomic E-state index is 12.4. The molecule has 0 spiro atoms.